The molecular weight excluding hydrogens is 703 g/mol. The van der Waals surface area contributed by atoms with Crippen LogP contribution in [0.5, 0.6) is 5.75 Å². The van der Waals surface area contributed by atoms with Crippen molar-refractivity contribution in [2.24, 2.45) is 0 Å². The van der Waals surface area contributed by atoms with Crippen LogP contribution in [0.4, 0.5) is 15.8 Å². The van der Waals surface area contributed by atoms with E-state index in [-0.39, 0.29) is 53.7 Å². The number of amides is 6. The molecule has 0 saturated carbocycles. The molecule has 2 saturated heterocycles. The highest BCUT2D eigenvalue weighted by atomic mass is 32.2. The molecule has 6 amide bonds. The third-order valence-corrected chi connectivity index (χ3v) is 10.2. The molecule has 1 aromatic heterocycles. The first kappa shape index (κ1) is 34.1. The van der Waals surface area contributed by atoms with Crippen LogP contribution in [0.2, 0.25) is 0 Å². The highest BCUT2D eigenvalue weighted by molar-refractivity contribution is 7.92. The lowest BCUT2D eigenvalue weighted by atomic mass is 10.0. The number of hydrogen-bond donors (Lipinski definition) is 5. The van der Waals surface area contributed by atoms with Crippen molar-refractivity contribution in [2.75, 3.05) is 29.3 Å². The molecule has 1 atom stereocenters. The minimum atomic E-state index is -4.38. The van der Waals surface area contributed by atoms with Gasteiger partial charge in [-0.3, -0.25) is 43.7 Å². The van der Waals surface area contributed by atoms with Crippen LogP contribution in [0.25, 0.3) is 21.9 Å². The Balaban J connectivity index is 0.943. The second kappa shape index (κ2) is 13.1. The molecule has 0 bridgehead atoms. The summed E-state index contributed by atoms with van der Waals surface area (Å²) in [6.45, 7) is -0.233. The number of aromatic nitrogens is 2. The largest absolute Gasteiger partial charge is 0.506 e. The van der Waals surface area contributed by atoms with E-state index in [0.717, 1.165) is 4.90 Å². The Morgan fingerprint density at radius 2 is 1.83 bits per heavy atom. The molecule has 0 radical (unpaired) electrons. The number of piperidine rings is 1. The molecule has 4 aromatic rings. The number of phenolic OH excluding ortho intramolecular Hbond substituents is 1. The van der Waals surface area contributed by atoms with Crippen LogP contribution < -0.4 is 25.0 Å². The van der Waals surface area contributed by atoms with Crippen molar-refractivity contribution in [3.63, 3.8) is 0 Å². The highest BCUT2D eigenvalue weighted by Gasteiger charge is 2.45. The van der Waals surface area contributed by atoms with Gasteiger partial charge in [-0.25, -0.2) is 13.4 Å². The Hall–Kier alpha value is -6.37. The molecule has 268 valence electrons. The van der Waals surface area contributed by atoms with Gasteiger partial charge < -0.3 is 15.7 Å². The molecule has 0 spiro atoms. The van der Waals surface area contributed by atoms with Gasteiger partial charge in [-0.1, -0.05) is 18.2 Å². The van der Waals surface area contributed by atoms with Gasteiger partial charge in [-0.2, -0.15) is 13.5 Å². The van der Waals surface area contributed by atoms with Crippen LogP contribution in [0.3, 0.4) is 0 Å². The average Bonchev–Trinajstić information content (AvgIpc) is 3.74. The maximum Gasteiger partial charge on any atom is 0.326 e. The van der Waals surface area contributed by atoms with E-state index in [1.807, 2.05) is 0 Å². The van der Waals surface area contributed by atoms with Crippen LogP contribution in [-0.2, 0) is 35.9 Å². The van der Waals surface area contributed by atoms with Crippen LogP contribution in [0, 0.1) is 5.82 Å². The first-order chi connectivity index (χ1) is 24.8. The molecule has 19 heteroatoms. The molecule has 3 aliphatic rings. The minimum absolute atomic E-state index is 0.0120. The van der Waals surface area contributed by atoms with E-state index in [1.165, 1.54) is 35.1 Å². The van der Waals surface area contributed by atoms with Crippen molar-refractivity contribution in [3.8, 4) is 16.9 Å². The molecular formula is C33H29FN8O9S. The summed E-state index contributed by atoms with van der Waals surface area (Å²) >= 11 is 0. The number of aromatic hydroxyl groups is 1. The number of phenols is 1. The lowest BCUT2D eigenvalue weighted by molar-refractivity contribution is -0.136. The van der Waals surface area contributed by atoms with Crippen molar-refractivity contribution in [1.29, 1.82) is 0 Å². The van der Waals surface area contributed by atoms with Gasteiger partial charge in [0.2, 0.25) is 17.7 Å². The fourth-order valence-corrected chi connectivity index (χ4v) is 7.56. The van der Waals surface area contributed by atoms with Crippen LogP contribution >= 0.6 is 0 Å². The van der Waals surface area contributed by atoms with Gasteiger partial charge in [-0.15, -0.1) is 0 Å². The Bertz CT molecular complexity index is 2340. The summed E-state index contributed by atoms with van der Waals surface area (Å²) in [7, 11) is -4.38. The number of carbonyl (C=O) groups is 6. The SMILES string of the molecule is O=C(Cn1cc(-c2ccc3cc(O)c(N4CC(=O)NS4(=O)=O)c(F)c3c2)cn1)NCCCNc1cccc2c1C(=O)N(C1CCC(=O)NC1=O)C2=O. The van der Waals surface area contributed by atoms with Crippen LogP contribution in [-0.4, -0.2) is 89.3 Å². The summed E-state index contributed by atoms with van der Waals surface area (Å²) in [4.78, 5) is 75.4. The van der Waals surface area contributed by atoms with E-state index in [1.54, 1.807) is 29.1 Å². The number of fused-ring (bicyclic) bond motifs is 2. The van der Waals surface area contributed by atoms with Gasteiger partial charge in [0.25, 0.3) is 17.7 Å². The maximum absolute atomic E-state index is 15.7. The first-order valence-corrected chi connectivity index (χ1v) is 17.4. The summed E-state index contributed by atoms with van der Waals surface area (Å²) in [5.74, 6) is -5.30. The molecule has 3 aromatic carbocycles. The third kappa shape index (κ3) is 6.14. The lowest BCUT2D eigenvalue weighted by Crippen LogP contribution is -2.54. The molecule has 4 heterocycles. The van der Waals surface area contributed by atoms with Crippen LogP contribution in [0.1, 0.15) is 40.0 Å². The zero-order valence-corrected chi connectivity index (χ0v) is 27.8. The molecule has 1 unspecified atom stereocenters. The molecule has 2 fully saturated rings. The molecule has 0 aliphatic carbocycles. The quantitative estimate of drug-likeness (QED) is 0.113. The van der Waals surface area contributed by atoms with Crippen molar-refractivity contribution in [2.45, 2.75) is 31.8 Å². The van der Waals surface area contributed by atoms with Gasteiger partial charge >= 0.3 is 10.2 Å². The second-order valence-corrected chi connectivity index (χ2v) is 13.9. The number of imide groups is 2. The molecule has 17 nitrogen and oxygen atoms in total. The van der Waals surface area contributed by atoms with Gasteiger partial charge in [0.15, 0.2) is 5.82 Å². The van der Waals surface area contributed by atoms with Gasteiger partial charge in [0, 0.05) is 42.3 Å². The topological polar surface area (TPSA) is 229 Å². The Labute approximate surface area is 293 Å². The molecule has 5 N–H and O–H groups in total. The molecule has 7 rings (SSSR count). The fourth-order valence-electron chi connectivity index (χ4n) is 6.39. The number of rotatable bonds is 10. The molecule has 52 heavy (non-hydrogen) atoms. The first-order valence-electron chi connectivity index (χ1n) is 16.0. The van der Waals surface area contributed by atoms with Crippen molar-refractivity contribution in [1.82, 2.24) is 30.0 Å². The highest BCUT2D eigenvalue weighted by Crippen LogP contribution is 2.39. The van der Waals surface area contributed by atoms with E-state index in [0.29, 0.717) is 34.1 Å². The standard InChI is InChI=1S/C33H29FN8O9S/c34-29-21-11-17(5-6-18(21)12-24(43)30(29)41-16-27(46)39-52(41,50)51)19-13-37-40(14-19)15-26(45)36-10-2-9-35-22-4-1-3-20-28(22)33(49)42(32(20)48)23-7-8-25(44)38-31(23)47/h1,3-6,11-14,23,35,43H,2,7-10,15-16H2,(H,36,45)(H,39,46)(H,38,44,47). The van der Waals surface area contributed by atoms with E-state index >= 15 is 4.39 Å². The number of anilines is 2. The van der Waals surface area contributed by atoms with Crippen LogP contribution in [0.15, 0.2) is 54.9 Å². The lowest BCUT2D eigenvalue weighted by Gasteiger charge is -2.27. The summed E-state index contributed by atoms with van der Waals surface area (Å²) in [6.07, 6.45) is 3.55. The zero-order chi connectivity index (χ0) is 36.9. The van der Waals surface area contributed by atoms with Gasteiger partial charge in [0.05, 0.1) is 17.3 Å². The minimum Gasteiger partial charge on any atom is -0.506 e. The Kier molecular flexibility index (Phi) is 8.57. The van der Waals surface area contributed by atoms with E-state index in [2.05, 4.69) is 21.0 Å². The second-order valence-electron chi connectivity index (χ2n) is 12.3. The number of nitrogens with zero attached hydrogens (tertiary/aromatic N) is 4. The number of carbonyl (C=O) groups excluding carboxylic acids is 6. The number of halogens is 1. The Morgan fingerprint density at radius 3 is 2.58 bits per heavy atom. The zero-order valence-electron chi connectivity index (χ0n) is 27.0. The summed E-state index contributed by atoms with van der Waals surface area (Å²) in [5, 5.41) is 23.0. The normalized spacial score (nSPS) is 18.1. The summed E-state index contributed by atoms with van der Waals surface area (Å²) in [6, 6.07) is 9.48. The van der Waals surface area contributed by atoms with E-state index < -0.39 is 69.6 Å². The average molecular weight is 733 g/mol. The van der Waals surface area contributed by atoms with Crippen molar-refractivity contribution >= 4 is 67.8 Å². The number of benzene rings is 3. The molecule has 3 aliphatic heterocycles. The third-order valence-electron chi connectivity index (χ3n) is 8.83. The monoisotopic (exact) mass is 732 g/mol. The van der Waals surface area contributed by atoms with E-state index in [4.69, 9.17) is 0 Å². The summed E-state index contributed by atoms with van der Waals surface area (Å²) < 4.78 is 43.9. The predicted molar refractivity (Wildman–Crippen MR) is 180 cm³/mol. The van der Waals surface area contributed by atoms with Crippen molar-refractivity contribution < 1.29 is 46.7 Å². The summed E-state index contributed by atoms with van der Waals surface area (Å²) in [5.41, 5.74) is 1.05. The van der Waals surface area contributed by atoms with Crippen molar-refractivity contribution in [3.05, 3.63) is 71.8 Å². The van der Waals surface area contributed by atoms with Gasteiger partial charge in [0.1, 0.15) is 30.6 Å². The predicted octanol–water partition coefficient (Wildman–Crippen LogP) is 0.749. The van der Waals surface area contributed by atoms with E-state index in [9.17, 15) is 42.3 Å². The maximum atomic E-state index is 15.7. The number of hydrogen-bond acceptors (Lipinski definition) is 11. The fraction of sp³-hybridized carbons (Fsp3) is 0.242. The number of nitrogens with one attached hydrogen (secondary N) is 4. The smallest absolute Gasteiger partial charge is 0.326 e. The van der Waals surface area contributed by atoms with Gasteiger partial charge in [-0.05, 0) is 48.1 Å². The Morgan fingerprint density at radius 1 is 1.02 bits per heavy atom.